The van der Waals surface area contributed by atoms with E-state index in [4.69, 9.17) is 4.74 Å². The van der Waals surface area contributed by atoms with E-state index in [1.165, 1.54) is 22.3 Å². The standard InChI is InChI=1S/C19H25NO/c1-5-12-20-19(17-9-7-6-8-14(17)2)18-11-10-16(21-4)13-15(18)3/h6-11,13,19-20H,5,12H2,1-4H3. The SMILES string of the molecule is CCCNC(c1ccccc1C)c1ccc(OC)cc1C. The summed E-state index contributed by atoms with van der Waals surface area (Å²) in [7, 11) is 1.71. The van der Waals surface area contributed by atoms with Gasteiger partial charge >= 0.3 is 0 Å². The van der Waals surface area contributed by atoms with E-state index >= 15 is 0 Å². The smallest absolute Gasteiger partial charge is 0.119 e. The first kappa shape index (κ1) is 15.6. The lowest BCUT2D eigenvalue weighted by Crippen LogP contribution is -2.24. The van der Waals surface area contributed by atoms with Crippen LogP contribution < -0.4 is 10.1 Å². The normalized spacial score (nSPS) is 12.2. The van der Waals surface area contributed by atoms with E-state index in [0.29, 0.717) is 0 Å². The molecule has 0 aliphatic rings. The van der Waals surface area contributed by atoms with Crippen LogP contribution in [0.25, 0.3) is 0 Å². The summed E-state index contributed by atoms with van der Waals surface area (Å²) in [4.78, 5) is 0. The highest BCUT2D eigenvalue weighted by Gasteiger charge is 2.17. The molecule has 0 saturated heterocycles. The first-order chi connectivity index (χ1) is 10.2. The molecule has 112 valence electrons. The van der Waals surface area contributed by atoms with Crippen molar-refractivity contribution in [1.82, 2.24) is 5.32 Å². The van der Waals surface area contributed by atoms with Crippen molar-refractivity contribution in [2.24, 2.45) is 0 Å². The van der Waals surface area contributed by atoms with Crippen molar-refractivity contribution in [2.75, 3.05) is 13.7 Å². The molecule has 1 atom stereocenters. The van der Waals surface area contributed by atoms with E-state index in [9.17, 15) is 0 Å². The number of ether oxygens (including phenoxy) is 1. The van der Waals surface area contributed by atoms with Crippen molar-refractivity contribution in [2.45, 2.75) is 33.2 Å². The Bertz CT molecular complexity index is 592. The minimum atomic E-state index is 0.233. The lowest BCUT2D eigenvalue weighted by Gasteiger charge is -2.23. The van der Waals surface area contributed by atoms with Crippen LogP contribution in [0.1, 0.15) is 41.6 Å². The van der Waals surface area contributed by atoms with Gasteiger partial charge in [0.25, 0.3) is 0 Å². The van der Waals surface area contributed by atoms with Crippen LogP contribution >= 0.6 is 0 Å². The number of hydrogen-bond donors (Lipinski definition) is 1. The number of benzene rings is 2. The van der Waals surface area contributed by atoms with Gasteiger partial charge in [-0.1, -0.05) is 37.3 Å². The molecule has 1 N–H and O–H groups in total. The molecule has 0 aliphatic heterocycles. The highest BCUT2D eigenvalue weighted by Crippen LogP contribution is 2.29. The van der Waals surface area contributed by atoms with Crippen LogP contribution in [0.2, 0.25) is 0 Å². The molecule has 2 aromatic carbocycles. The van der Waals surface area contributed by atoms with E-state index in [1.54, 1.807) is 7.11 Å². The molecular weight excluding hydrogens is 258 g/mol. The van der Waals surface area contributed by atoms with Crippen LogP contribution in [0, 0.1) is 13.8 Å². The highest BCUT2D eigenvalue weighted by molar-refractivity contribution is 5.43. The molecule has 0 spiro atoms. The van der Waals surface area contributed by atoms with Gasteiger partial charge in [0.05, 0.1) is 13.2 Å². The Balaban J connectivity index is 2.43. The van der Waals surface area contributed by atoms with Crippen LogP contribution in [0.4, 0.5) is 0 Å². The molecule has 1 unspecified atom stereocenters. The second-order valence-electron chi connectivity index (χ2n) is 5.47. The van der Waals surface area contributed by atoms with Crippen molar-refractivity contribution in [3.05, 3.63) is 64.7 Å². The summed E-state index contributed by atoms with van der Waals surface area (Å²) in [6.07, 6.45) is 1.12. The van der Waals surface area contributed by atoms with Crippen molar-refractivity contribution < 1.29 is 4.74 Å². The van der Waals surface area contributed by atoms with Crippen LogP contribution in [0.3, 0.4) is 0 Å². The van der Waals surface area contributed by atoms with Crippen molar-refractivity contribution in [3.8, 4) is 5.75 Å². The summed E-state index contributed by atoms with van der Waals surface area (Å²) in [6, 6.07) is 15.2. The third kappa shape index (κ3) is 3.64. The third-order valence-corrected chi connectivity index (χ3v) is 3.89. The minimum Gasteiger partial charge on any atom is -0.497 e. The van der Waals surface area contributed by atoms with Crippen LogP contribution in [0.5, 0.6) is 5.75 Å². The van der Waals surface area contributed by atoms with Gasteiger partial charge in [0.1, 0.15) is 5.75 Å². The highest BCUT2D eigenvalue weighted by atomic mass is 16.5. The Morgan fingerprint density at radius 1 is 1.00 bits per heavy atom. The third-order valence-electron chi connectivity index (χ3n) is 3.89. The Morgan fingerprint density at radius 2 is 1.71 bits per heavy atom. The number of rotatable bonds is 6. The van der Waals surface area contributed by atoms with Gasteiger partial charge in [0, 0.05) is 0 Å². The lowest BCUT2D eigenvalue weighted by molar-refractivity contribution is 0.414. The van der Waals surface area contributed by atoms with Crippen molar-refractivity contribution >= 4 is 0 Å². The fraction of sp³-hybridized carbons (Fsp3) is 0.368. The maximum atomic E-state index is 5.32. The molecule has 0 amide bonds. The topological polar surface area (TPSA) is 21.3 Å². The summed E-state index contributed by atoms with van der Waals surface area (Å²) < 4.78 is 5.32. The molecule has 2 heteroatoms. The molecule has 0 aromatic heterocycles. The predicted octanol–water partition coefficient (Wildman–Crippen LogP) is 4.40. The van der Waals surface area contributed by atoms with E-state index in [-0.39, 0.29) is 6.04 Å². The summed E-state index contributed by atoms with van der Waals surface area (Å²) in [6.45, 7) is 7.53. The zero-order valence-electron chi connectivity index (χ0n) is 13.4. The second kappa shape index (κ2) is 7.28. The van der Waals surface area contributed by atoms with Crippen LogP contribution in [0.15, 0.2) is 42.5 Å². The average Bonchev–Trinajstić information content (AvgIpc) is 2.50. The Labute approximate surface area is 128 Å². The van der Waals surface area contributed by atoms with Crippen LogP contribution in [-0.4, -0.2) is 13.7 Å². The minimum absolute atomic E-state index is 0.233. The Kier molecular flexibility index (Phi) is 5.40. The van der Waals surface area contributed by atoms with Gasteiger partial charge < -0.3 is 10.1 Å². The first-order valence-electron chi connectivity index (χ1n) is 7.60. The summed E-state index contributed by atoms with van der Waals surface area (Å²) >= 11 is 0. The number of hydrogen-bond acceptors (Lipinski definition) is 2. The summed E-state index contributed by atoms with van der Waals surface area (Å²) in [5, 5.41) is 3.68. The van der Waals surface area contributed by atoms with E-state index in [1.807, 2.05) is 6.07 Å². The molecule has 0 radical (unpaired) electrons. The molecule has 2 nitrogen and oxygen atoms in total. The van der Waals surface area contributed by atoms with Gasteiger partial charge in [-0.05, 0) is 61.2 Å². The monoisotopic (exact) mass is 283 g/mol. The predicted molar refractivity (Wildman–Crippen MR) is 89.0 cm³/mol. The van der Waals surface area contributed by atoms with Crippen molar-refractivity contribution in [3.63, 3.8) is 0 Å². The van der Waals surface area contributed by atoms with Gasteiger partial charge in [-0.3, -0.25) is 0 Å². The van der Waals surface area contributed by atoms with E-state index in [0.717, 1.165) is 18.7 Å². The van der Waals surface area contributed by atoms with Gasteiger partial charge in [0.15, 0.2) is 0 Å². The molecular formula is C19H25NO. The zero-order valence-corrected chi connectivity index (χ0v) is 13.4. The number of nitrogens with one attached hydrogen (secondary N) is 1. The Hall–Kier alpha value is -1.80. The first-order valence-corrected chi connectivity index (χ1v) is 7.60. The quantitative estimate of drug-likeness (QED) is 0.848. The van der Waals surface area contributed by atoms with Gasteiger partial charge in [-0.2, -0.15) is 0 Å². The Morgan fingerprint density at radius 3 is 2.33 bits per heavy atom. The molecule has 0 saturated carbocycles. The van der Waals surface area contributed by atoms with Gasteiger partial charge in [-0.25, -0.2) is 0 Å². The molecule has 0 fully saturated rings. The molecule has 0 bridgehead atoms. The van der Waals surface area contributed by atoms with Crippen LogP contribution in [-0.2, 0) is 0 Å². The fourth-order valence-electron chi connectivity index (χ4n) is 2.69. The lowest BCUT2D eigenvalue weighted by atomic mass is 9.92. The maximum Gasteiger partial charge on any atom is 0.119 e. The fourth-order valence-corrected chi connectivity index (χ4v) is 2.69. The molecule has 2 rings (SSSR count). The zero-order chi connectivity index (χ0) is 15.2. The summed E-state index contributed by atoms with van der Waals surface area (Å²) in [5.41, 5.74) is 5.24. The van der Waals surface area contributed by atoms with Gasteiger partial charge in [-0.15, -0.1) is 0 Å². The van der Waals surface area contributed by atoms with Gasteiger partial charge in [0.2, 0.25) is 0 Å². The molecule has 21 heavy (non-hydrogen) atoms. The number of aryl methyl sites for hydroxylation is 2. The average molecular weight is 283 g/mol. The number of methoxy groups -OCH3 is 1. The summed E-state index contributed by atoms with van der Waals surface area (Å²) in [5.74, 6) is 0.912. The molecule has 0 heterocycles. The largest absolute Gasteiger partial charge is 0.497 e. The molecule has 2 aromatic rings. The van der Waals surface area contributed by atoms with E-state index in [2.05, 4.69) is 62.5 Å². The molecule has 0 aliphatic carbocycles. The van der Waals surface area contributed by atoms with Crippen molar-refractivity contribution in [1.29, 1.82) is 0 Å². The maximum absolute atomic E-state index is 5.32. The van der Waals surface area contributed by atoms with E-state index < -0.39 is 0 Å². The second-order valence-corrected chi connectivity index (χ2v) is 5.47.